The first kappa shape index (κ1) is 23.0. The molecule has 1 aromatic carbocycles. The third kappa shape index (κ3) is 4.65. The molecule has 2 N–H and O–H groups in total. The number of hydrogen-bond donors (Lipinski definition) is 2. The van der Waals surface area contributed by atoms with Gasteiger partial charge >= 0.3 is 6.03 Å². The minimum absolute atomic E-state index is 0.151. The number of urea groups is 1. The molecule has 1 aliphatic heterocycles. The summed E-state index contributed by atoms with van der Waals surface area (Å²) in [6.45, 7) is 6.56. The summed E-state index contributed by atoms with van der Waals surface area (Å²) in [6, 6.07) is 10.8. The van der Waals surface area contributed by atoms with Crippen LogP contribution < -0.4 is 10.6 Å². The van der Waals surface area contributed by atoms with Gasteiger partial charge in [0.25, 0.3) is 5.91 Å². The van der Waals surface area contributed by atoms with Gasteiger partial charge in [-0.25, -0.2) is 4.79 Å². The van der Waals surface area contributed by atoms with Crippen LogP contribution in [0, 0.1) is 11.3 Å². The number of benzene rings is 1. The number of carbonyl (C=O) groups is 3. The Labute approximate surface area is 194 Å². The van der Waals surface area contributed by atoms with Gasteiger partial charge in [0.1, 0.15) is 17.8 Å². The summed E-state index contributed by atoms with van der Waals surface area (Å²) in [5.41, 5.74) is 0.805. The van der Waals surface area contributed by atoms with Gasteiger partial charge in [-0.3, -0.25) is 14.5 Å². The van der Waals surface area contributed by atoms with E-state index in [1.807, 2.05) is 30.3 Å². The number of aromatic nitrogens is 1. The molecule has 1 aliphatic carbocycles. The molecule has 0 unspecified atom stereocenters. The number of nitrogens with zero attached hydrogens (tertiary/aromatic N) is 2. The van der Waals surface area contributed by atoms with E-state index in [4.69, 9.17) is 4.52 Å². The fraction of sp³-hybridized carbons (Fsp3) is 0.520. The lowest BCUT2D eigenvalue weighted by Gasteiger charge is -2.42. The largest absolute Gasteiger partial charge is 0.356 e. The molecule has 0 atom stereocenters. The Morgan fingerprint density at radius 3 is 2.61 bits per heavy atom. The summed E-state index contributed by atoms with van der Waals surface area (Å²) in [5.74, 6) is 0.431. The number of amides is 4. The quantitative estimate of drug-likeness (QED) is 0.621. The van der Waals surface area contributed by atoms with Crippen molar-refractivity contribution in [1.82, 2.24) is 20.7 Å². The minimum atomic E-state index is -0.867. The van der Waals surface area contributed by atoms with Crippen molar-refractivity contribution in [2.75, 3.05) is 6.54 Å². The van der Waals surface area contributed by atoms with E-state index in [2.05, 4.69) is 36.6 Å². The van der Waals surface area contributed by atoms with Crippen molar-refractivity contribution in [3.05, 3.63) is 42.1 Å². The van der Waals surface area contributed by atoms with Gasteiger partial charge in [-0.1, -0.05) is 62.7 Å². The second kappa shape index (κ2) is 9.00. The van der Waals surface area contributed by atoms with Gasteiger partial charge < -0.3 is 15.2 Å². The molecule has 1 spiro atoms. The van der Waals surface area contributed by atoms with E-state index in [0.29, 0.717) is 30.2 Å². The van der Waals surface area contributed by atoms with Crippen LogP contribution in [0.25, 0.3) is 11.3 Å². The monoisotopic (exact) mass is 452 g/mol. The Bertz CT molecular complexity index is 1020. The van der Waals surface area contributed by atoms with Crippen LogP contribution in [0.4, 0.5) is 4.79 Å². The molecule has 0 bridgehead atoms. The highest BCUT2D eigenvalue weighted by Crippen LogP contribution is 2.45. The zero-order valence-electron chi connectivity index (χ0n) is 19.5. The third-order valence-electron chi connectivity index (χ3n) is 7.49. The van der Waals surface area contributed by atoms with Crippen molar-refractivity contribution in [2.24, 2.45) is 11.3 Å². The highest BCUT2D eigenvalue weighted by Gasteiger charge is 2.53. The molecule has 176 valence electrons. The molecule has 2 aliphatic rings. The number of imide groups is 1. The molecule has 2 fully saturated rings. The van der Waals surface area contributed by atoms with Crippen molar-refractivity contribution >= 4 is 17.8 Å². The van der Waals surface area contributed by atoms with Gasteiger partial charge in [0.2, 0.25) is 5.91 Å². The van der Waals surface area contributed by atoms with E-state index >= 15 is 0 Å². The number of hydrogen-bond acceptors (Lipinski definition) is 5. The topological polar surface area (TPSA) is 105 Å². The number of nitrogens with one attached hydrogen (secondary N) is 2. The molecule has 2 aromatic rings. The number of rotatable bonds is 7. The summed E-state index contributed by atoms with van der Waals surface area (Å²) in [4.78, 5) is 39.2. The van der Waals surface area contributed by atoms with Crippen LogP contribution in [0.5, 0.6) is 0 Å². The van der Waals surface area contributed by atoms with Crippen LogP contribution in [0.2, 0.25) is 0 Å². The van der Waals surface area contributed by atoms with Crippen molar-refractivity contribution < 1.29 is 18.9 Å². The first-order valence-electron chi connectivity index (χ1n) is 11.7. The summed E-state index contributed by atoms with van der Waals surface area (Å²) in [7, 11) is 0. The Balaban J connectivity index is 1.31. The molecule has 0 radical (unpaired) electrons. The maximum Gasteiger partial charge on any atom is 0.325 e. The van der Waals surface area contributed by atoms with Crippen LogP contribution in [0.1, 0.15) is 58.6 Å². The van der Waals surface area contributed by atoms with Crippen molar-refractivity contribution in [2.45, 2.75) is 65.0 Å². The molecule has 4 rings (SSSR count). The zero-order chi connectivity index (χ0) is 23.6. The molecular weight excluding hydrogens is 420 g/mol. The summed E-state index contributed by atoms with van der Waals surface area (Å²) >= 11 is 0. The van der Waals surface area contributed by atoms with Crippen molar-refractivity contribution in [3.63, 3.8) is 0 Å². The molecule has 8 heteroatoms. The molecule has 1 aromatic heterocycles. The molecule has 1 saturated carbocycles. The summed E-state index contributed by atoms with van der Waals surface area (Å²) in [5, 5.41) is 9.59. The van der Waals surface area contributed by atoms with E-state index in [-0.39, 0.29) is 24.4 Å². The van der Waals surface area contributed by atoms with Crippen molar-refractivity contribution in [3.8, 4) is 11.3 Å². The predicted molar refractivity (Wildman–Crippen MR) is 123 cm³/mol. The Hall–Kier alpha value is -3.16. The van der Waals surface area contributed by atoms with E-state index in [1.165, 1.54) is 0 Å². The summed E-state index contributed by atoms with van der Waals surface area (Å²) < 4.78 is 5.34. The fourth-order valence-corrected chi connectivity index (χ4v) is 4.86. The van der Waals surface area contributed by atoms with E-state index in [0.717, 1.165) is 29.7 Å². The standard InChI is InChI=1S/C25H32N4O4/c1-4-24(2,3)18-10-12-25(13-11-18)22(31)29(23(32)27-25)16-21(30)26-15-19-14-20(33-28-19)17-8-6-5-7-9-17/h5-9,14,18H,4,10-13,15-16H2,1-3H3,(H,26,30)(H,27,32). The van der Waals surface area contributed by atoms with Crippen LogP contribution in [-0.2, 0) is 16.1 Å². The van der Waals surface area contributed by atoms with Gasteiger partial charge in [0, 0.05) is 11.6 Å². The molecular formula is C25H32N4O4. The number of carbonyl (C=O) groups excluding carboxylic acids is 3. The molecule has 1 saturated heterocycles. The van der Waals surface area contributed by atoms with Gasteiger partial charge in [0.15, 0.2) is 5.76 Å². The van der Waals surface area contributed by atoms with Gasteiger partial charge in [-0.15, -0.1) is 0 Å². The highest BCUT2D eigenvalue weighted by atomic mass is 16.5. The van der Waals surface area contributed by atoms with Crippen LogP contribution in [-0.4, -0.2) is 40.0 Å². The van der Waals surface area contributed by atoms with Crippen LogP contribution in [0.15, 0.2) is 40.9 Å². The normalized spacial score (nSPS) is 23.1. The highest BCUT2D eigenvalue weighted by molar-refractivity contribution is 6.09. The lowest BCUT2D eigenvalue weighted by atomic mass is 9.65. The Morgan fingerprint density at radius 2 is 1.94 bits per heavy atom. The van der Waals surface area contributed by atoms with E-state index < -0.39 is 17.5 Å². The lowest BCUT2D eigenvalue weighted by Crippen LogP contribution is -2.51. The average Bonchev–Trinajstić information content (AvgIpc) is 3.38. The fourth-order valence-electron chi connectivity index (χ4n) is 4.86. The molecule has 4 amide bonds. The maximum absolute atomic E-state index is 13.1. The Morgan fingerprint density at radius 1 is 1.24 bits per heavy atom. The SMILES string of the molecule is CCC(C)(C)C1CCC2(CC1)NC(=O)N(CC(=O)NCc1cc(-c3ccccc3)on1)C2=O. The zero-order valence-corrected chi connectivity index (χ0v) is 19.5. The van der Waals surface area contributed by atoms with Crippen LogP contribution in [0.3, 0.4) is 0 Å². The summed E-state index contributed by atoms with van der Waals surface area (Å²) in [6.07, 6.45) is 4.09. The first-order valence-corrected chi connectivity index (χ1v) is 11.7. The van der Waals surface area contributed by atoms with E-state index in [1.54, 1.807) is 6.07 Å². The van der Waals surface area contributed by atoms with Gasteiger partial charge in [0.05, 0.1) is 6.54 Å². The molecule has 33 heavy (non-hydrogen) atoms. The minimum Gasteiger partial charge on any atom is -0.356 e. The van der Waals surface area contributed by atoms with E-state index in [9.17, 15) is 14.4 Å². The lowest BCUT2D eigenvalue weighted by molar-refractivity contribution is -0.136. The second-order valence-corrected chi connectivity index (χ2v) is 9.85. The first-order chi connectivity index (χ1) is 15.7. The maximum atomic E-state index is 13.1. The average molecular weight is 453 g/mol. The van der Waals surface area contributed by atoms with Crippen molar-refractivity contribution in [1.29, 1.82) is 0 Å². The molecule has 2 heterocycles. The third-order valence-corrected chi connectivity index (χ3v) is 7.49. The molecule has 8 nitrogen and oxygen atoms in total. The smallest absolute Gasteiger partial charge is 0.325 e. The van der Waals surface area contributed by atoms with Crippen LogP contribution >= 0.6 is 0 Å². The Kier molecular flexibility index (Phi) is 6.28. The predicted octanol–water partition coefficient (Wildman–Crippen LogP) is 3.87. The van der Waals surface area contributed by atoms with Gasteiger partial charge in [-0.05, 0) is 37.0 Å². The van der Waals surface area contributed by atoms with Gasteiger partial charge in [-0.2, -0.15) is 0 Å². The second-order valence-electron chi connectivity index (χ2n) is 9.85.